The molecule has 3 aromatic rings. The van der Waals surface area contributed by atoms with Gasteiger partial charge in [-0.2, -0.15) is 13.2 Å². The van der Waals surface area contributed by atoms with E-state index in [-0.39, 0.29) is 18.3 Å². The summed E-state index contributed by atoms with van der Waals surface area (Å²) in [6.07, 6.45) is 5.92. The van der Waals surface area contributed by atoms with Gasteiger partial charge >= 0.3 is 6.18 Å². The Bertz CT molecular complexity index is 1400. The quantitative estimate of drug-likeness (QED) is 0.509. The standard InChI is InChI=1S/C26H21F3N6O/c27-26(28,29)20-5-9-32-23(14-20)34-25(36)13-18-1-2-19(11-21(18)30)22-15-33-24-12-17(6-10-35(22)24)16-3-7-31-8-4-16/h1-12,14,22H,13,15,30H2,(H,32,34,36). The van der Waals surface area contributed by atoms with Crippen molar-refractivity contribution < 1.29 is 18.0 Å². The third kappa shape index (κ3) is 4.83. The van der Waals surface area contributed by atoms with Gasteiger partial charge in [0.2, 0.25) is 5.91 Å². The molecule has 7 nitrogen and oxygen atoms in total. The fraction of sp³-hybridized carbons (Fsp3) is 0.154. The smallest absolute Gasteiger partial charge is 0.398 e. The van der Waals surface area contributed by atoms with Crippen LogP contribution in [0.25, 0.3) is 5.57 Å². The first kappa shape index (κ1) is 23.3. The topological polar surface area (TPSA) is 96.5 Å². The summed E-state index contributed by atoms with van der Waals surface area (Å²) in [7, 11) is 0. The number of aromatic nitrogens is 2. The number of nitrogens with zero attached hydrogens (tertiary/aromatic N) is 4. The molecule has 0 saturated carbocycles. The number of carbonyl (C=O) groups is 1. The summed E-state index contributed by atoms with van der Waals surface area (Å²) in [5.41, 5.74) is 9.39. The van der Waals surface area contributed by atoms with Crippen LogP contribution in [0.3, 0.4) is 0 Å². The molecular weight excluding hydrogens is 469 g/mol. The minimum atomic E-state index is -4.52. The molecule has 1 unspecified atom stereocenters. The van der Waals surface area contributed by atoms with Crippen LogP contribution < -0.4 is 11.1 Å². The maximum absolute atomic E-state index is 12.9. The van der Waals surface area contributed by atoms with Crippen LogP contribution in [0.4, 0.5) is 24.7 Å². The average Bonchev–Trinajstić information content (AvgIpc) is 3.29. The van der Waals surface area contributed by atoms with Crippen LogP contribution in [0.5, 0.6) is 0 Å². The van der Waals surface area contributed by atoms with E-state index in [0.717, 1.165) is 40.9 Å². The summed E-state index contributed by atoms with van der Waals surface area (Å²) in [5, 5.41) is 2.40. The highest BCUT2D eigenvalue weighted by Gasteiger charge is 2.31. The zero-order valence-corrected chi connectivity index (χ0v) is 18.9. The van der Waals surface area contributed by atoms with Gasteiger partial charge in [-0.05, 0) is 64.7 Å². The summed E-state index contributed by atoms with van der Waals surface area (Å²) >= 11 is 0. The second-order valence-electron chi connectivity index (χ2n) is 8.38. The van der Waals surface area contributed by atoms with E-state index in [1.807, 2.05) is 42.6 Å². The van der Waals surface area contributed by atoms with E-state index >= 15 is 0 Å². The number of amidine groups is 1. The molecule has 2 aliphatic rings. The van der Waals surface area contributed by atoms with Crippen molar-refractivity contribution in [2.45, 2.75) is 18.6 Å². The van der Waals surface area contributed by atoms with E-state index in [1.165, 1.54) is 0 Å². The number of fused-ring (bicyclic) bond motifs is 1. The molecule has 0 radical (unpaired) electrons. The van der Waals surface area contributed by atoms with Gasteiger partial charge in [-0.15, -0.1) is 0 Å². The highest BCUT2D eigenvalue weighted by Crippen LogP contribution is 2.34. The molecular formula is C26H21F3N6O. The third-order valence-electron chi connectivity index (χ3n) is 6.00. The number of pyridine rings is 2. The minimum absolute atomic E-state index is 0.0361. The van der Waals surface area contributed by atoms with Crippen molar-refractivity contribution >= 4 is 28.8 Å². The maximum atomic E-state index is 12.9. The number of nitrogen functional groups attached to an aromatic ring is 1. The number of rotatable bonds is 5. The first-order valence-electron chi connectivity index (χ1n) is 11.1. The number of benzene rings is 1. The molecule has 1 amide bonds. The zero-order chi connectivity index (χ0) is 25.3. The Morgan fingerprint density at radius 1 is 1.11 bits per heavy atom. The Kier molecular flexibility index (Phi) is 6.01. The lowest BCUT2D eigenvalue weighted by atomic mass is 9.99. The fourth-order valence-electron chi connectivity index (χ4n) is 4.16. The predicted octanol–water partition coefficient (Wildman–Crippen LogP) is 4.62. The fourth-order valence-corrected chi connectivity index (χ4v) is 4.16. The van der Waals surface area contributed by atoms with Crippen LogP contribution >= 0.6 is 0 Å². The van der Waals surface area contributed by atoms with E-state index < -0.39 is 17.6 Å². The Morgan fingerprint density at radius 3 is 2.67 bits per heavy atom. The van der Waals surface area contributed by atoms with E-state index in [9.17, 15) is 18.0 Å². The average molecular weight is 490 g/mol. The van der Waals surface area contributed by atoms with Gasteiger partial charge in [0.05, 0.1) is 24.6 Å². The molecule has 3 N–H and O–H groups in total. The predicted molar refractivity (Wildman–Crippen MR) is 131 cm³/mol. The Hall–Kier alpha value is -4.47. The van der Waals surface area contributed by atoms with E-state index in [1.54, 1.807) is 18.5 Å². The number of hydrogen-bond donors (Lipinski definition) is 2. The van der Waals surface area contributed by atoms with Gasteiger partial charge in [0, 0.05) is 30.5 Å². The molecule has 2 aromatic heterocycles. The molecule has 4 heterocycles. The lowest BCUT2D eigenvalue weighted by Crippen LogP contribution is -2.26. The molecule has 2 aliphatic heterocycles. The van der Waals surface area contributed by atoms with Gasteiger partial charge in [-0.3, -0.25) is 14.8 Å². The Labute approximate surface area is 204 Å². The molecule has 1 atom stereocenters. The lowest BCUT2D eigenvalue weighted by molar-refractivity contribution is -0.137. The van der Waals surface area contributed by atoms with E-state index in [4.69, 9.17) is 5.73 Å². The summed E-state index contributed by atoms with van der Waals surface area (Å²) in [4.78, 5) is 27.0. The van der Waals surface area contributed by atoms with Crippen LogP contribution in [0.2, 0.25) is 0 Å². The number of alkyl halides is 3. The number of nitrogens with one attached hydrogen (secondary N) is 1. The van der Waals surface area contributed by atoms with Crippen LogP contribution in [0, 0.1) is 0 Å². The Morgan fingerprint density at radius 2 is 1.92 bits per heavy atom. The molecule has 0 saturated heterocycles. The molecule has 0 spiro atoms. The normalized spacial score (nSPS) is 16.9. The van der Waals surface area contributed by atoms with Crippen molar-refractivity contribution in [3.8, 4) is 0 Å². The SMILES string of the molecule is Nc1cc(C2CN=C3C=C(c4ccncc4)C=CN32)ccc1CC(=O)Nc1cc(C(F)(F)F)ccn1. The highest BCUT2D eigenvalue weighted by molar-refractivity contribution is 6.04. The monoisotopic (exact) mass is 490 g/mol. The lowest BCUT2D eigenvalue weighted by Gasteiger charge is -2.27. The third-order valence-corrected chi connectivity index (χ3v) is 6.00. The van der Waals surface area contributed by atoms with Crippen LogP contribution in [-0.2, 0) is 17.4 Å². The van der Waals surface area contributed by atoms with Gasteiger partial charge in [-0.25, -0.2) is 4.98 Å². The largest absolute Gasteiger partial charge is 0.416 e. The minimum Gasteiger partial charge on any atom is -0.398 e. The van der Waals surface area contributed by atoms with Crippen molar-refractivity contribution in [3.05, 3.63) is 102 Å². The van der Waals surface area contributed by atoms with Crippen molar-refractivity contribution in [3.63, 3.8) is 0 Å². The molecule has 0 bridgehead atoms. The van der Waals surface area contributed by atoms with Gasteiger partial charge in [-0.1, -0.05) is 12.1 Å². The molecule has 1 aromatic carbocycles. The van der Waals surface area contributed by atoms with Crippen molar-refractivity contribution in [2.75, 3.05) is 17.6 Å². The second kappa shape index (κ2) is 9.29. The van der Waals surface area contributed by atoms with E-state index in [0.29, 0.717) is 17.8 Å². The molecule has 10 heteroatoms. The first-order chi connectivity index (χ1) is 17.3. The van der Waals surface area contributed by atoms with Gasteiger partial charge < -0.3 is 16.0 Å². The van der Waals surface area contributed by atoms with Crippen LogP contribution in [-0.4, -0.2) is 33.2 Å². The number of carbonyl (C=O) groups excluding carboxylic acids is 1. The van der Waals surface area contributed by atoms with Crippen LogP contribution in [0.1, 0.15) is 28.3 Å². The number of allylic oxidation sites excluding steroid dienone is 2. The molecule has 182 valence electrons. The van der Waals surface area contributed by atoms with Crippen LogP contribution in [0.15, 0.2) is 84.4 Å². The Balaban J connectivity index is 1.25. The summed E-state index contributed by atoms with van der Waals surface area (Å²) < 4.78 is 38.7. The number of hydrogen-bond acceptors (Lipinski definition) is 6. The summed E-state index contributed by atoms with van der Waals surface area (Å²) in [5.74, 6) is 0.169. The number of nitrogens with two attached hydrogens (primary N) is 1. The second-order valence-corrected chi connectivity index (χ2v) is 8.38. The van der Waals surface area contributed by atoms with Crippen molar-refractivity contribution in [2.24, 2.45) is 4.99 Å². The van der Waals surface area contributed by atoms with Gasteiger partial charge in [0.1, 0.15) is 11.7 Å². The van der Waals surface area contributed by atoms with Gasteiger partial charge in [0.15, 0.2) is 0 Å². The number of halogens is 3. The maximum Gasteiger partial charge on any atom is 0.416 e. The molecule has 0 fully saturated rings. The molecule has 36 heavy (non-hydrogen) atoms. The number of amides is 1. The number of aliphatic imine (C=N–C) groups is 1. The van der Waals surface area contributed by atoms with Crippen molar-refractivity contribution in [1.29, 1.82) is 0 Å². The first-order valence-corrected chi connectivity index (χ1v) is 11.1. The van der Waals surface area contributed by atoms with Crippen molar-refractivity contribution in [1.82, 2.24) is 14.9 Å². The zero-order valence-electron chi connectivity index (χ0n) is 18.9. The summed E-state index contributed by atoms with van der Waals surface area (Å²) in [6, 6.07) is 10.9. The summed E-state index contributed by atoms with van der Waals surface area (Å²) in [6.45, 7) is 0.556. The molecule has 0 aliphatic carbocycles. The highest BCUT2D eigenvalue weighted by atomic mass is 19.4. The number of anilines is 2. The molecule has 5 rings (SSSR count). The van der Waals surface area contributed by atoms with Gasteiger partial charge in [0.25, 0.3) is 0 Å². The van der Waals surface area contributed by atoms with E-state index in [2.05, 4.69) is 25.2 Å².